The quantitative estimate of drug-likeness (QED) is 0.732. The fraction of sp³-hybridized carbons (Fsp3) is 0.750. The summed E-state index contributed by atoms with van der Waals surface area (Å²) in [5, 5.41) is 0. The Bertz CT molecular complexity index is 276. The summed E-state index contributed by atoms with van der Waals surface area (Å²) in [7, 11) is 0. The normalized spacial score (nSPS) is 13.4. The predicted molar refractivity (Wildman–Crippen MR) is 63.5 cm³/mol. The largest absolute Gasteiger partial charge is 0.333 e. The zero-order chi connectivity index (χ0) is 11.3. The maximum Gasteiger partial charge on any atom is 0.0948 e. The van der Waals surface area contributed by atoms with E-state index in [2.05, 4.69) is 23.4 Å². The first-order chi connectivity index (χ1) is 7.11. The second-order valence-corrected chi connectivity index (χ2v) is 4.69. The zero-order valence-electron chi connectivity index (χ0n) is 10.1. The molecule has 0 saturated heterocycles. The number of aromatic nitrogens is 2. The van der Waals surface area contributed by atoms with Crippen LogP contribution in [0.5, 0.6) is 0 Å². The highest BCUT2D eigenvalue weighted by Crippen LogP contribution is 2.12. The summed E-state index contributed by atoms with van der Waals surface area (Å²) in [5.74, 6) is 0.806. The third-order valence-corrected chi connectivity index (χ3v) is 2.64. The minimum absolute atomic E-state index is 0.0811. The highest BCUT2D eigenvalue weighted by Gasteiger charge is 2.05. The summed E-state index contributed by atoms with van der Waals surface area (Å²) in [5.41, 5.74) is 6.99. The molecule has 0 spiro atoms. The minimum atomic E-state index is 0.0811. The van der Waals surface area contributed by atoms with Crippen LogP contribution < -0.4 is 5.73 Å². The number of hydrogen-bond donors (Lipinski definition) is 1. The Hall–Kier alpha value is -0.830. The fourth-order valence-corrected chi connectivity index (χ4v) is 1.73. The van der Waals surface area contributed by atoms with Gasteiger partial charge in [0.15, 0.2) is 0 Å². The molecule has 0 fully saturated rings. The van der Waals surface area contributed by atoms with Crippen LogP contribution in [0.4, 0.5) is 0 Å². The molecular formula is C12H23N3. The van der Waals surface area contributed by atoms with Crippen molar-refractivity contribution in [3.63, 3.8) is 0 Å². The molecule has 1 rings (SSSR count). The number of hydrogen-bond acceptors (Lipinski definition) is 2. The monoisotopic (exact) mass is 209 g/mol. The Morgan fingerprint density at radius 1 is 1.33 bits per heavy atom. The maximum atomic E-state index is 5.85. The molecule has 15 heavy (non-hydrogen) atoms. The van der Waals surface area contributed by atoms with Gasteiger partial charge in [0.2, 0.25) is 0 Å². The van der Waals surface area contributed by atoms with E-state index in [0.29, 0.717) is 0 Å². The van der Waals surface area contributed by atoms with Gasteiger partial charge in [0.25, 0.3) is 0 Å². The van der Waals surface area contributed by atoms with Gasteiger partial charge in [0, 0.05) is 18.8 Å². The van der Waals surface area contributed by atoms with Gasteiger partial charge in [-0.25, -0.2) is 4.98 Å². The summed E-state index contributed by atoms with van der Waals surface area (Å²) in [6.07, 6.45) is 7.56. The predicted octanol–water partition coefficient (Wildman–Crippen LogP) is 2.73. The lowest BCUT2D eigenvalue weighted by molar-refractivity contribution is 0.500. The van der Waals surface area contributed by atoms with E-state index in [0.717, 1.165) is 18.2 Å². The molecule has 0 aliphatic heterocycles. The van der Waals surface area contributed by atoms with Gasteiger partial charge >= 0.3 is 0 Å². The standard InChI is InChI=1S/C12H23N3/c1-10(2)6-4-5-7-15-9-14-8-12(15)11(3)13/h8-11H,4-7,13H2,1-3H3/t11-/m0/s1. The number of unbranched alkanes of at least 4 members (excludes halogenated alkanes) is 1. The molecule has 1 aromatic heterocycles. The zero-order valence-corrected chi connectivity index (χ0v) is 10.1. The smallest absolute Gasteiger partial charge is 0.0948 e. The average molecular weight is 209 g/mol. The molecule has 0 aliphatic carbocycles. The molecule has 0 saturated carbocycles. The van der Waals surface area contributed by atoms with Crippen LogP contribution in [0.3, 0.4) is 0 Å². The van der Waals surface area contributed by atoms with E-state index in [9.17, 15) is 0 Å². The van der Waals surface area contributed by atoms with Crippen molar-refractivity contribution in [2.45, 2.75) is 52.6 Å². The fourth-order valence-electron chi connectivity index (χ4n) is 1.73. The molecule has 0 amide bonds. The summed E-state index contributed by atoms with van der Waals surface area (Å²) in [6, 6.07) is 0.0811. The van der Waals surface area contributed by atoms with E-state index in [1.807, 2.05) is 19.4 Å². The Labute approximate surface area is 92.7 Å². The van der Waals surface area contributed by atoms with Gasteiger partial charge in [-0.1, -0.05) is 26.7 Å². The van der Waals surface area contributed by atoms with Crippen LogP contribution in [0.1, 0.15) is 51.8 Å². The Morgan fingerprint density at radius 3 is 2.67 bits per heavy atom. The van der Waals surface area contributed by atoms with Crippen LogP contribution in [-0.4, -0.2) is 9.55 Å². The van der Waals surface area contributed by atoms with E-state index in [1.165, 1.54) is 19.3 Å². The molecule has 1 aromatic rings. The van der Waals surface area contributed by atoms with Gasteiger partial charge in [-0.15, -0.1) is 0 Å². The van der Waals surface area contributed by atoms with Crippen molar-refractivity contribution >= 4 is 0 Å². The number of aryl methyl sites for hydroxylation is 1. The van der Waals surface area contributed by atoms with Gasteiger partial charge in [0.05, 0.1) is 12.0 Å². The summed E-state index contributed by atoms with van der Waals surface area (Å²) in [6.45, 7) is 7.58. The molecule has 1 atom stereocenters. The molecule has 2 N–H and O–H groups in total. The van der Waals surface area contributed by atoms with Gasteiger partial charge in [-0.3, -0.25) is 0 Å². The molecule has 3 heteroatoms. The lowest BCUT2D eigenvalue weighted by Gasteiger charge is -2.11. The van der Waals surface area contributed by atoms with Crippen LogP contribution in [0.2, 0.25) is 0 Å². The van der Waals surface area contributed by atoms with Crippen molar-refractivity contribution in [3.05, 3.63) is 18.2 Å². The number of imidazole rings is 1. The first kappa shape index (κ1) is 12.2. The number of nitrogens with two attached hydrogens (primary N) is 1. The molecule has 1 heterocycles. The molecular weight excluding hydrogens is 186 g/mol. The Kier molecular flexibility index (Phi) is 4.82. The van der Waals surface area contributed by atoms with Gasteiger partial charge in [-0.05, 0) is 19.3 Å². The summed E-state index contributed by atoms with van der Waals surface area (Å²) >= 11 is 0. The van der Waals surface area contributed by atoms with Gasteiger partial charge in [0.1, 0.15) is 0 Å². The van der Waals surface area contributed by atoms with Crippen LogP contribution in [0.15, 0.2) is 12.5 Å². The van der Waals surface area contributed by atoms with E-state index in [-0.39, 0.29) is 6.04 Å². The second-order valence-electron chi connectivity index (χ2n) is 4.69. The summed E-state index contributed by atoms with van der Waals surface area (Å²) in [4.78, 5) is 4.14. The molecule has 0 unspecified atom stereocenters. The van der Waals surface area contributed by atoms with Crippen molar-refractivity contribution < 1.29 is 0 Å². The molecule has 0 radical (unpaired) electrons. The average Bonchev–Trinajstić information content (AvgIpc) is 2.60. The van der Waals surface area contributed by atoms with Crippen molar-refractivity contribution in [2.24, 2.45) is 11.7 Å². The maximum absolute atomic E-state index is 5.85. The second kappa shape index (κ2) is 5.91. The highest BCUT2D eigenvalue weighted by atomic mass is 15.1. The minimum Gasteiger partial charge on any atom is -0.333 e. The number of rotatable bonds is 6. The topological polar surface area (TPSA) is 43.8 Å². The van der Waals surface area contributed by atoms with Gasteiger partial charge < -0.3 is 10.3 Å². The van der Waals surface area contributed by atoms with Crippen LogP contribution in [0.25, 0.3) is 0 Å². The van der Waals surface area contributed by atoms with Crippen molar-refractivity contribution in [1.82, 2.24) is 9.55 Å². The van der Waals surface area contributed by atoms with Gasteiger partial charge in [-0.2, -0.15) is 0 Å². The van der Waals surface area contributed by atoms with E-state index in [1.54, 1.807) is 0 Å². The number of nitrogens with zero attached hydrogens (tertiary/aromatic N) is 2. The lowest BCUT2D eigenvalue weighted by atomic mass is 10.1. The van der Waals surface area contributed by atoms with Crippen molar-refractivity contribution in [2.75, 3.05) is 0 Å². The Balaban J connectivity index is 2.34. The Morgan fingerprint density at radius 2 is 2.07 bits per heavy atom. The SMILES string of the molecule is CC(C)CCCCn1cncc1[C@H](C)N. The molecule has 0 bridgehead atoms. The first-order valence-electron chi connectivity index (χ1n) is 5.87. The first-order valence-corrected chi connectivity index (χ1v) is 5.87. The van der Waals surface area contributed by atoms with E-state index < -0.39 is 0 Å². The van der Waals surface area contributed by atoms with E-state index >= 15 is 0 Å². The van der Waals surface area contributed by atoms with Crippen LogP contribution in [-0.2, 0) is 6.54 Å². The molecule has 3 nitrogen and oxygen atoms in total. The third kappa shape index (κ3) is 4.04. The highest BCUT2D eigenvalue weighted by molar-refractivity contribution is 5.02. The van der Waals surface area contributed by atoms with Crippen LogP contribution in [0, 0.1) is 5.92 Å². The molecule has 86 valence electrons. The lowest BCUT2D eigenvalue weighted by Crippen LogP contribution is -2.11. The van der Waals surface area contributed by atoms with Crippen molar-refractivity contribution in [3.8, 4) is 0 Å². The van der Waals surface area contributed by atoms with Crippen molar-refractivity contribution in [1.29, 1.82) is 0 Å². The summed E-state index contributed by atoms with van der Waals surface area (Å²) < 4.78 is 2.17. The molecule has 0 aromatic carbocycles. The van der Waals surface area contributed by atoms with E-state index in [4.69, 9.17) is 5.73 Å². The van der Waals surface area contributed by atoms with Crippen LogP contribution >= 0.6 is 0 Å². The third-order valence-electron chi connectivity index (χ3n) is 2.64. The molecule has 0 aliphatic rings.